The molecule has 0 spiro atoms. The molecule has 31 heavy (non-hydrogen) atoms. The molecule has 0 atom stereocenters. The highest BCUT2D eigenvalue weighted by Crippen LogP contribution is 2.30. The van der Waals surface area contributed by atoms with E-state index in [0.717, 1.165) is 11.1 Å². The van der Waals surface area contributed by atoms with Crippen LogP contribution in [0.25, 0.3) is 33.7 Å². The Morgan fingerprint density at radius 2 is 1.61 bits per heavy atom. The van der Waals surface area contributed by atoms with E-state index < -0.39 is 0 Å². The highest BCUT2D eigenvalue weighted by Gasteiger charge is 2.13. The molecule has 6 heteroatoms. The van der Waals surface area contributed by atoms with Gasteiger partial charge >= 0.3 is 0 Å². The van der Waals surface area contributed by atoms with Gasteiger partial charge in [-0.2, -0.15) is 0 Å². The smallest absolute Gasteiger partial charge is 0.255 e. The van der Waals surface area contributed by atoms with Crippen molar-refractivity contribution in [2.24, 2.45) is 0 Å². The Morgan fingerprint density at radius 3 is 2.39 bits per heavy atom. The summed E-state index contributed by atoms with van der Waals surface area (Å²) in [7, 11) is 0. The minimum absolute atomic E-state index is 0.250. The van der Waals surface area contributed by atoms with Crippen molar-refractivity contribution < 1.29 is 9.21 Å². The van der Waals surface area contributed by atoms with Crippen LogP contribution in [-0.4, -0.2) is 15.9 Å². The van der Waals surface area contributed by atoms with Gasteiger partial charge in [0.1, 0.15) is 5.52 Å². The van der Waals surface area contributed by atoms with Crippen molar-refractivity contribution in [3.05, 3.63) is 102 Å². The highest BCUT2D eigenvalue weighted by atomic mass is 35.5. The first-order valence-electron chi connectivity index (χ1n) is 9.65. The summed E-state index contributed by atoms with van der Waals surface area (Å²) in [6.07, 6.45) is 3.29. The first kappa shape index (κ1) is 19.0. The number of hydrogen-bond donors (Lipinski definition) is 1. The van der Waals surface area contributed by atoms with Gasteiger partial charge in [0.25, 0.3) is 5.91 Å². The van der Waals surface area contributed by atoms with Crippen LogP contribution in [0.4, 0.5) is 5.69 Å². The Balaban J connectivity index is 1.39. The molecule has 2 heterocycles. The zero-order chi connectivity index (χ0) is 21.2. The van der Waals surface area contributed by atoms with Crippen molar-refractivity contribution in [3.63, 3.8) is 0 Å². The van der Waals surface area contributed by atoms with E-state index in [2.05, 4.69) is 15.3 Å². The molecule has 150 valence electrons. The molecule has 0 fully saturated rings. The van der Waals surface area contributed by atoms with Gasteiger partial charge in [-0.25, -0.2) is 4.98 Å². The number of aromatic nitrogens is 2. The molecule has 0 unspecified atom stereocenters. The van der Waals surface area contributed by atoms with Gasteiger partial charge in [0.15, 0.2) is 5.58 Å². The largest absolute Gasteiger partial charge is 0.436 e. The molecular weight excluding hydrogens is 410 g/mol. The first-order valence-corrected chi connectivity index (χ1v) is 10.0. The minimum Gasteiger partial charge on any atom is -0.436 e. The van der Waals surface area contributed by atoms with E-state index in [1.54, 1.807) is 48.8 Å². The number of rotatable bonds is 4. The number of nitrogens with zero attached hydrogens (tertiary/aromatic N) is 2. The van der Waals surface area contributed by atoms with Crippen LogP contribution in [0.5, 0.6) is 0 Å². The number of halogens is 1. The van der Waals surface area contributed by atoms with E-state index in [0.29, 0.717) is 38.8 Å². The van der Waals surface area contributed by atoms with Crippen LogP contribution >= 0.6 is 11.6 Å². The molecule has 3 aromatic carbocycles. The molecule has 0 radical (unpaired) electrons. The number of anilines is 1. The first-order chi connectivity index (χ1) is 15.2. The maximum absolute atomic E-state index is 12.8. The highest BCUT2D eigenvalue weighted by molar-refractivity contribution is 6.34. The summed E-state index contributed by atoms with van der Waals surface area (Å²) in [4.78, 5) is 21.3. The van der Waals surface area contributed by atoms with Crippen LogP contribution in [0.3, 0.4) is 0 Å². The van der Waals surface area contributed by atoms with E-state index in [9.17, 15) is 4.79 Å². The maximum atomic E-state index is 12.8. The fourth-order valence-electron chi connectivity index (χ4n) is 3.30. The van der Waals surface area contributed by atoms with Crippen LogP contribution in [-0.2, 0) is 0 Å². The SMILES string of the molecule is O=C(Nc1cc(-c2nc3cnccc3o2)ccc1Cl)c1ccc(-c2ccccc2)cc1. The summed E-state index contributed by atoms with van der Waals surface area (Å²) in [6, 6.07) is 24.4. The van der Waals surface area contributed by atoms with Crippen molar-refractivity contribution in [3.8, 4) is 22.6 Å². The lowest BCUT2D eigenvalue weighted by atomic mass is 10.0. The monoisotopic (exact) mass is 425 g/mol. The number of carbonyl (C=O) groups is 1. The maximum Gasteiger partial charge on any atom is 0.255 e. The summed E-state index contributed by atoms with van der Waals surface area (Å²) in [5.41, 5.74) is 5.17. The summed E-state index contributed by atoms with van der Waals surface area (Å²) in [6.45, 7) is 0. The third kappa shape index (κ3) is 3.91. The molecule has 5 aromatic rings. The summed E-state index contributed by atoms with van der Waals surface area (Å²) in [5.74, 6) is 0.183. The Morgan fingerprint density at radius 1 is 0.871 bits per heavy atom. The second-order valence-corrected chi connectivity index (χ2v) is 7.36. The van der Waals surface area contributed by atoms with Crippen LogP contribution < -0.4 is 5.32 Å². The van der Waals surface area contributed by atoms with Gasteiger partial charge in [0.05, 0.1) is 16.9 Å². The number of amides is 1. The van der Waals surface area contributed by atoms with Crippen molar-refractivity contribution in [1.82, 2.24) is 9.97 Å². The van der Waals surface area contributed by atoms with Gasteiger partial charge in [-0.05, 0) is 41.5 Å². The van der Waals surface area contributed by atoms with E-state index in [4.69, 9.17) is 16.0 Å². The molecule has 1 N–H and O–H groups in total. The van der Waals surface area contributed by atoms with Gasteiger partial charge in [0, 0.05) is 23.4 Å². The van der Waals surface area contributed by atoms with Gasteiger partial charge in [-0.3, -0.25) is 9.78 Å². The average Bonchev–Trinajstić information content (AvgIpc) is 3.25. The fourth-order valence-corrected chi connectivity index (χ4v) is 3.46. The van der Waals surface area contributed by atoms with E-state index >= 15 is 0 Å². The molecule has 0 aliphatic heterocycles. The molecule has 2 aromatic heterocycles. The molecule has 0 saturated carbocycles. The van der Waals surface area contributed by atoms with Crippen LogP contribution in [0.2, 0.25) is 5.02 Å². The summed E-state index contributed by atoms with van der Waals surface area (Å²) in [5, 5.41) is 3.30. The van der Waals surface area contributed by atoms with E-state index in [1.165, 1.54) is 0 Å². The molecule has 5 nitrogen and oxygen atoms in total. The van der Waals surface area contributed by atoms with E-state index in [1.807, 2.05) is 42.5 Å². The molecule has 0 bridgehead atoms. The number of carbonyl (C=O) groups excluding carboxylic acids is 1. The number of benzene rings is 3. The normalized spacial score (nSPS) is 10.9. The molecule has 0 aliphatic carbocycles. The number of hydrogen-bond acceptors (Lipinski definition) is 4. The number of nitrogens with one attached hydrogen (secondary N) is 1. The Bertz CT molecular complexity index is 1350. The predicted octanol–water partition coefficient (Wildman–Crippen LogP) is 6.46. The zero-order valence-electron chi connectivity index (χ0n) is 16.2. The summed E-state index contributed by atoms with van der Waals surface area (Å²) < 4.78 is 5.79. The zero-order valence-corrected chi connectivity index (χ0v) is 17.0. The van der Waals surface area contributed by atoms with Gasteiger partial charge in [0.2, 0.25) is 5.89 Å². The second-order valence-electron chi connectivity index (χ2n) is 6.95. The topological polar surface area (TPSA) is 68.0 Å². The minimum atomic E-state index is -0.250. The molecule has 5 rings (SSSR count). The van der Waals surface area contributed by atoms with Gasteiger partial charge in [-0.15, -0.1) is 0 Å². The summed E-state index contributed by atoms with van der Waals surface area (Å²) >= 11 is 6.32. The standard InChI is InChI=1S/C25H16ClN3O2/c26-20-11-10-19(25-29-22-15-27-13-12-23(22)31-25)14-21(20)28-24(30)18-8-6-17(7-9-18)16-4-2-1-3-5-16/h1-15H,(H,28,30). The van der Waals surface area contributed by atoms with Crippen molar-refractivity contribution in [2.75, 3.05) is 5.32 Å². The molecule has 0 saturated heterocycles. The Hall–Kier alpha value is -3.96. The number of fused-ring (bicyclic) bond motifs is 1. The predicted molar refractivity (Wildman–Crippen MR) is 122 cm³/mol. The fraction of sp³-hybridized carbons (Fsp3) is 0. The number of oxazole rings is 1. The van der Waals surface area contributed by atoms with E-state index in [-0.39, 0.29) is 5.91 Å². The molecular formula is C25H16ClN3O2. The quantitative estimate of drug-likeness (QED) is 0.358. The van der Waals surface area contributed by atoms with Gasteiger partial charge in [-0.1, -0.05) is 54.1 Å². The molecule has 0 aliphatic rings. The lowest BCUT2D eigenvalue weighted by Gasteiger charge is -2.09. The van der Waals surface area contributed by atoms with Crippen LogP contribution in [0.15, 0.2) is 95.7 Å². The van der Waals surface area contributed by atoms with Crippen LogP contribution in [0.1, 0.15) is 10.4 Å². The Labute approximate surface area is 183 Å². The lowest BCUT2D eigenvalue weighted by Crippen LogP contribution is -2.12. The Kier molecular flexibility index (Phi) is 4.94. The van der Waals surface area contributed by atoms with Crippen molar-refractivity contribution in [1.29, 1.82) is 0 Å². The number of pyridine rings is 1. The van der Waals surface area contributed by atoms with Crippen molar-refractivity contribution in [2.45, 2.75) is 0 Å². The molecule has 1 amide bonds. The van der Waals surface area contributed by atoms with Gasteiger partial charge < -0.3 is 9.73 Å². The van der Waals surface area contributed by atoms with Crippen LogP contribution in [0, 0.1) is 0 Å². The lowest BCUT2D eigenvalue weighted by molar-refractivity contribution is 0.102. The van der Waals surface area contributed by atoms with Crippen molar-refractivity contribution >= 4 is 34.3 Å². The second kappa shape index (κ2) is 8.05. The third-order valence-electron chi connectivity index (χ3n) is 4.91. The third-order valence-corrected chi connectivity index (χ3v) is 5.24. The average molecular weight is 426 g/mol.